The van der Waals surface area contributed by atoms with Crippen LogP contribution in [0.25, 0.3) is 0 Å². The van der Waals surface area contributed by atoms with E-state index in [1.54, 1.807) is 18.1 Å². The molecule has 1 aromatic heterocycles. The van der Waals surface area contributed by atoms with E-state index < -0.39 is 0 Å². The predicted molar refractivity (Wildman–Crippen MR) is 50.5 cm³/mol. The summed E-state index contributed by atoms with van der Waals surface area (Å²) in [6.45, 7) is 0. The molecule has 1 saturated carbocycles. The van der Waals surface area contributed by atoms with Crippen LogP contribution in [-0.2, 0) is 0 Å². The van der Waals surface area contributed by atoms with Crippen LogP contribution < -0.4 is 5.32 Å². The summed E-state index contributed by atoms with van der Waals surface area (Å²) in [7, 11) is 0. The van der Waals surface area contributed by atoms with Crippen LogP contribution in [0.2, 0.25) is 0 Å². The SMILES string of the molecule is CSc1cc(NC2CC2)ncn1. The van der Waals surface area contributed by atoms with Gasteiger partial charge >= 0.3 is 0 Å². The number of thioether (sulfide) groups is 1. The Balaban J connectivity index is 2.08. The van der Waals surface area contributed by atoms with Crippen molar-refractivity contribution in [1.29, 1.82) is 0 Å². The summed E-state index contributed by atoms with van der Waals surface area (Å²) in [5, 5.41) is 4.35. The molecule has 4 heteroatoms. The molecule has 0 spiro atoms. The third-order valence-corrected chi connectivity index (χ3v) is 2.42. The van der Waals surface area contributed by atoms with E-state index in [1.165, 1.54) is 12.8 Å². The van der Waals surface area contributed by atoms with Crippen LogP contribution in [0.5, 0.6) is 0 Å². The third kappa shape index (κ3) is 1.88. The van der Waals surface area contributed by atoms with Crippen LogP contribution in [0.15, 0.2) is 17.4 Å². The smallest absolute Gasteiger partial charge is 0.130 e. The highest BCUT2D eigenvalue weighted by atomic mass is 32.2. The van der Waals surface area contributed by atoms with Crippen LogP contribution >= 0.6 is 11.8 Å². The van der Waals surface area contributed by atoms with Crippen molar-refractivity contribution in [1.82, 2.24) is 9.97 Å². The van der Waals surface area contributed by atoms with Crippen molar-refractivity contribution < 1.29 is 0 Å². The molecule has 1 fully saturated rings. The first kappa shape index (κ1) is 7.86. The van der Waals surface area contributed by atoms with Gasteiger partial charge in [0.05, 0.1) is 0 Å². The van der Waals surface area contributed by atoms with E-state index >= 15 is 0 Å². The van der Waals surface area contributed by atoms with Crippen LogP contribution in [0.4, 0.5) is 5.82 Å². The summed E-state index contributed by atoms with van der Waals surface area (Å²) < 4.78 is 0. The summed E-state index contributed by atoms with van der Waals surface area (Å²) in [4.78, 5) is 8.23. The van der Waals surface area contributed by atoms with Gasteiger partial charge in [-0.3, -0.25) is 0 Å². The first-order valence-electron chi connectivity index (χ1n) is 4.01. The molecule has 1 aromatic rings. The van der Waals surface area contributed by atoms with Crippen molar-refractivity contribution in [3.8, 4) is 0 Å². The molecule has 3 nitrogen and oxygen atoms in total. The first-order valence-corrected chi connectivity index (χ1v) is 5.23. The Kier molecular flexibility index (Phi) is 2.17. The van der Waals surface area contributed by atoms with Crippen molar-refractivity contribution in [3.05, 3.63) is 12.4 Å². The molecule has 0 unspecified atom stereocenters. The van der Waals surface area contributed by atoms with Gasteiger partial charge in [-0.1, -0.05) is 0 Å². The van der Waals surface area contributed by atoms with Gasteiger partial charge in [0.15, 0.2) is 0 Å². The molecule has 0 bridgehead atoms. The number of rotatable bonds is 3. The lowest BCUT2D eigenvalue weighted by Gasteiger charge is -2.02. The lowest BCUT2D eigenvalue weighted by atomic mass is 10.5. The minimum atomic E-state index is 0.662. The minimum Gasteiger partial charge on any atom is -0.367 e. The topological polar surface area (TPSA) is 37.8 Å². The second-order valence-electron chi connectivity index (χ2n) is 2.86. The molecule has 12 heavy (non-hydrogen) atoms. The Bertz CT molecular complexity index is 273. The molecule has 0 radical (unpaired) electrons. The van der Waals surface area contributed by atoms with Crippen molar-refractivity contribution in [2.24, 2.45) is 0 Å². The second kappa shape index (κ2) is 3.31. The Hall–Kier alpha value is -0.770. The summed E-state index contributed by atoms with van der Waals surface area (Å²) in [6.07, 6.45) is 6.18. The highest BCUT2D eigenvalue weighted by Gasteiger charge is 2.21. The molecule has 1 heterocycles. The van der Waals surface area contributed by atoms with Crippen molar-refractivity contribution in [3.63, 3.8) is 0 Å². The standard InChI is InChI=1S/C8H11N3S/c1-12-8-4-7(9-5-10-8)11-6-2-3-6/h4-6H,2-3H2,1H3,(H,9,10,11). The number of aromatic nitrogens is 2. The number of nitrogens with zero attached hydrogens (tertiary/aromatic N) is 2. The van der Waals surface area contributed by atoms with Gasteiger partial charge in [-0.2, -0.15) is 0 Å². The molecule has 0 aromatic carbocycles. The molecule has 2 rings (SSSR count). The molecular weight excluding hydrogens is 170 g/mol. The third-order valence-electron chi connectivity index (χ3n) is 1.78. The van der Waals surface area contributed by atoms with Crippen molar-refractivity contribution >= 4 is 17.6 Å². The number of nitrogens with one attached hydrogen (secondary N) is 1. The number of anilines is 1. The van der Waals surface area contributed by atoms with Gasteiger partial charge in [0.25, 0.3) is 0 Å². The number of hydrogen-bond acceptors (Lipinski definition) is 4. The van der Waals surface area contributed by atoms with Gasteiger partial charge in [-0.25, -0.2) is 9.97 Å². The molecule has 0 saturated heterocycles. The zero-order valence-corrected chi connectivity index (χ0v) is 7.77. The lowest BCUT2D eigenvalue weighted by molar-refractivity contribution is 1.02. The maximum Gasteiger partial charge on any atom is 0.130 e. The largest absolute Gasteiger partial charge is 0.367 e. The van der Waals surface area contributed by atoms with E-state index in [0.717, 1.165) is 10.8 Å². The van der Waals surface area contributed by atoms with Crippen LogP contribution in [0.3, 0.4) is 0 Å². The van der Waals surface area contributed by atoms with Gasteiger partial charge in [0, 0.05) is 12.1 Å². The minimum absolute atomic E-state index is 0.662. The predicted octanol–water partition coefficient (Wildman–Crippen LogP) is 1.77. The van der Waals surface area contributed by atoms with E-state index in [9.17, 15) is 0 Å². The van der Waals surface area contributed by atoms with E-state index in [4.69, 9.17) is 0 Å². The molecule has 0 aliphatic heterocycles. The average Bonchev–Trinajstić information content (AvgIpc) is 2.89. The van der Waals surface area contributed by atoms with Gasteiger partial charge in [0.1, 0.15) is 17.2 Å². The summed E-state index contributed by atoms with van der Waals surface area (Å²) in [6, 6.07) is 2.65. The summed E-state index contributed by atoms with van der Waals surface area (Å²) in [5.74, 6) is 0.955. The fraction of sp³-hybridized carbons (Fsp3) is 0.500. The van der Waals surface area contributed by atoms with Crippen LogP contribution in [-0.4, -0.2) is 22.3 Å². The molecule has 0 amide bonds. The van der Waals surface area contributed by atoms with E-state index in [2.05, 4.69) is 15.3 Å². The zero-order chi connectivity index (χ0) is 8.39. The van der Waals surface area contributed by atoms with E-state index in [-0.39, 0.29) is 0 Å². The lowest BCUT2D eigenvalue weighted by Crippen LogP contribution is -2.03. The second-order valence-corrected chi connectivity index (χ2v) is 3.69. The molecule has 1 N–H and O–H groups in total. The fourth-order valence-corrected chi connectivity index (χ4v) is 1.35. The highest BCUT2D eigenvalue weighted by molar-refractivity contribution is 7.98. The molecule has 64 valence electrons. The Morgan fingerprint density at radius 1 is 1.50 bits per heavy atom. The van der Waals surface area contributed by atoms with Crippen molar-refractivity contribution in [2.45, 2.75) is 23.9 Å². The van der Waals surface area contributed by atoms with Gasteiger partial charge in [0.2, 0.25) is 0 Å². The Labute approximate surface area is 76.0 Å². The quantitative estimate of drug-likeness (QED) is 0.569. The van der Waals surface area contributed by atoms with E-state index in [1.807, 2.05) is 12.3 Å². The molecule has 1 aliphatic rings. The normalized spacial score (nSPS) is 16.1. The fourth-order valence-electron chi connectivity index (χ4n) is 0.967. The summed E-state index contributed by atoms with van der Waals surface area (Å²) >= 11 is 1.64. The van der Waals surface area contributed by atoms with Gasteiger partial charge < -0.3 is 5.32 Å². The van der Waals surface area contributed by atoms with Gasteiger partial charge in [-0.15, -0.1) is 11.8 Å². The van der Waals surface area contributed by atoms with Crippen molar-refractivity contribution in [2.75, 3.05) is 11.6 Å². The van der Waals surface area contributed by atoms with Crippen LogP contribution in [0.1, 0.15) is 12.8 Å². The zero-order valence-electron chi connectivity index (χ0n) is 6.95. The molecule has 1 aliphatic carbocycles. The first-order chi connectivity index (χ1) is 5.88. The Morgan fingerprint density at radius 2 is 2.33 bits per heavy atom. The maximum atomic E-state index is 4.13. The summed E-state index contributed by atoms with van der Waals surface area (Å²) in [5.41, 5.74) is 0. The maximum absolute atomic E-state index is 4.13. The molecule has 0 atom stereocenters. The van der Waals surface area contributed by atoms with E-state index in [0.29, 0.717) is 6.04 Å². The highest BCUT2D eigenvalue weighted by Crippen LogP contribution is 2.24. The van der Waals surface area contributed by atoms with Gasteiger partial charge in [-0.05, 0) is 19.1 Å². The monoisotopic (exact) mass is 181 g/mol. The molecular formula is C8H11N3S. The van der Waals surface area contributed by atoms with Crippen LogP contribution in [0, 0.1) is 0 Å². The number of hydrogen-bond donors (Lipinski definition) is 1. The Morgan fingerprint density at radius 3 is 3.00 bits per heavy atom. The average molecular weight is 181 g/mol.